The molecule has 0 saturated carbocycles. The minimum absolute atomic E-state index is 0.00455. The van der Waals surface area contributed by atoms with Crippen LogP contribution in [-0.2, 0) is 0 Å². The summed E-state index contributed by atoms with van der Waals surface area (Å²) in [6.45, 7) is -4.52. The van der Waals surface area contributed by atoms with Gasteiger partial charge in [0.1, 0.15) is 12.3 Å². The average Bonchev–Trinajstić information content (AvgIpc) is 2.59. The van der Waals surface area contributed by atoms with Crippen molar-refractivity contribution in [2.75, 3.05) is 11.9 Å². The van der Waals surface area contributed by atoms with Crippen molar-refractivity contribution in [1.29, 1.82) is 0 Å². The number of hydrogen-bond acceptors (Lipinski definition) is 3. The SMILES string of the molecule is O=C(Nc1ccccc1C(=O)NCC(F)(F)F)c1ccc(OC(F)F)cc1. The number of halogens is 5. The topological polar surface area (TPSA) is 67.4 Å². The normalized spacial score (nSPS) is 11.2. The Balaban J connectivity index is 2.10. The van der Waals surface area contributed by atoms with Gasteiger partial charge in [0.2, 0.25) is 0 Å². The van der Waals surface area contributed by atoms with Crippen LogP contribution in [0.1, 0.15) is 20.7 Å². The van der Waals surface area contributed by atoms with E-state index in [2.05, 4.69) is 10.1 Å². The quantitative estimate of drug-likeness (QED) is 0.739. The van der Waals surface area contributed by atoms with E-state index in [-0.39, 0.29) is 22.6 Å². The highest BCUT2D eigenvalue weighted by molar-refractivity contribution is 6.09. The molecule has 2 rings (SSSR count). The van der Waals surface area contributed by atoms with Gasteiger partial charge in [0.15, 0.2) is 0 Å². The zero-order chi connectivity index (χ0) is 20.0. The van der Waals surface area contributed by atoms with E-state index in [1.807, 2.05) is 0 Å². The molecule has 5 nitrogen and oxygen atoms in total. The molecule has 27 heavy (non-hydrogen) atoms. The Hall–Kier alpha value is -3.17. The average molecular weight is 388 g/mol. The zero-order valence-corrected chi connectivity index (χ0v) is 13.5. The van der Waals surface area contributed by atoms with Gasteiger partial charge in [0, 0.05) is 5.56 Å². The standard InChI is InChI=1S/C17H13F5N2O3/c18-16(19)27-11-7-5-10(6-8-11)14(25)24-13-4-2-1-3-12(13)15(26)23-9-17(20,21)22/h1-8,16H,9H2,(H,23,26)(H,24,25). The van der Waals surface area contributed by atoms with Crippen LogP contribution in [0.3, 0.4) is 0 Å². The van der Waals surface area contributed by atoms with Gasteiger partial charge in [-0.15, -0.1) is 0 Å². The van der Waals surface area contributed by atoms with Crippen molar-refractivity contribution < 1.29 is 36.3 Å². The van der Waals surface area contributed by atoms with Gasteiger partial charge in [-0.25, -0.2) is 0 Å². The summed E-state index contributed by atoms with van der Waals surface area (Å²) in [5.41, 5.74) is -0.0926. The number of benzene rings is 2. The number of ether oxygens (including phenoxy) is 1. The van der Waals surface area contributed by atoms with Crippen molar-refractivity contribution in [3.05, 3.63) is 59.7 Å². The lowest BCUT2D eigenvalue weighted by Gasteiger charge is -2.13. The molecule has 0 atom stereocenters. The van der Waals surface area contributed by atoms with Gasteiger partial charge in [-0.05, 0) is 36.4 Å². The van der Waals surface area contributed by atoms with Gasteiger partial charge >= 0.3 is 12.8 Å². The number of carbonyl (C=O) groups excluding carboxylic acids is 2. The third-order valence-corrected chi connectivity index (χ3v) is 3.21. The Labute approximate surface area is 150 Å². The van der Waals surface area contributed by atoms with Gasteiger partial charge in [0.05, 0.1) is 11.3 Å². The van der Waals surface area contributed by atoms with Crippen LogP contribution >= 0.6 is 0 Å². The fraction of sp³-hybridized carbons (Fsp3) is 0.176. The first-order valence-corrected chi connectivity index (χ1v) is 7.46. The minimum atomic E-state index is -4.57. The number of anilines is 1. The van der Waals surface area contributed by atoms with Gasteiger partial charge in [0.25, 0.3) is 11.8 Å². The number of alkyl halides is 5. The summed E-state index contributed by atoms with van der Waals surface area (Å²) in [5, 5.41) is 4.11. The lowest BCUT2D eigenvalue weighted by Crippen LogP contribution is -2.34. The summed E-state index contributed by atoms with van der Waals surface area (Å²) in [6, 6.07) is 10.3. The van der Waals surface area contributed by atoms with Crippen molar-refractivity contribution in [3.8, 4) is 5.75 Å². The Bertz CT molecular complexity index is 807. The molecule has 10 heteroatoms. The summed E-state index contributed by atoms with van der Waals surface area (Å²) < 4.78 is 65.1. The third kappa shape index (κ3) is 6.24. The number of carbonyl (C=O) groups is 2. The second-order valence-electron chi connectivity index (χ2n) is 5.20. The first-order chi connectivity index (χ1) is 12.7. The molecule has 0 aliphatic rings. The van der Waals surface area contributed by atoms with Crippen LogP contribution in [0.2, 0.25) is 0 Å². The van der Waals surface area contributed by atoms with Crippen LogP contribution in [-0.4, -0.2) is 31.1 Å². The molecular weight excluding hydrogens is 375 g/mol. The molecule has 0 unspecified atom stereocenters. The molecule has 0 spiro atoms. The van der Waals surface area contributed by atoms with Crippen LogP contribution in [0, 0.1) is 0 Å². The van der Waals surface area contributed by atoms with Gasteiger partial charge in [-0.1, -0.05) is 12.1 Å². The fourth-order valence-corrected chi connectivity index (χ4v) is 2.05. The van der Waals surface area contributed by atoms with Crippen molar-refractivity contribution in [3.63, 3.8) is 0 Å². The van der Waals surface area contributed by atoms with E-state index in [1.54, 1.807) is 5.32 Å². The van der Waals surface area contributed by atoms with Crippen LogP contribution in [0.4, 0.5) is 27.6 Å². The Kier molecular flexibility index (Phi) is 6.32. The van der Waals surface area contributed by atoms with E-state index in [1.165, 1.54) is 36.4 Å². The third-order valence-electron chi connectivity index (χ3n) is 3.21. The largest absolute Gasteiger partial charge is 0.435 e. The molecule has 0 heterocycles. The van der Waals surface area contributed by atoms with Crippen molar-refractivity contribution in [2.45, 2.75) is 12.8 Å². The van der Waals surface area contributed by atoms with Gasteiger partial charge in [-0.2, -0.15) is 22.0 Å². The lowest BCUT2D eigenvalue weighted by atomic mass is 10.1. The predicted molar refractivity (Wildman–Crippen MR) is 85.9 cm³/mol. The molecule has 144 valence electrons. The molecule has 0 aliphatic carbocycles. The molecule has 0 saturated heterocycles. The van der Waals surface area contributed by atoms with E-state index >= 15 is 0 Å². The van der Waals surface area contributed by atoms with Gasteiger partial charge in [-0.3, -0.25) is 9.59 Å². The number of rotatable bonds is 6. The van der Waals surface area contributed by atoms with E-state index in [0.717, 1.165) is 12.1 Å². The molecule has 0 aliphatic heterocycles. The second-order valence-corrected chi connectivity index (χ2v) is 5.20. The van der Waals surface area contributed by atoms with E-state index in [9.17, 15) is 31.5 Å². The summed E-state index contributed by atoms with van der Waals surface area (Å²) in [6.07, 6.45) is -4.57. The maximum absolute atomic E-state index is 12.2. The molecule has 0 fully saturated rings. The van der Waals surface area contributed by atoms with Crippen LogP contribution < -0.4 is 15.4 Å². The first kappa shape index (κ1) is 20.1. The van der Waals surface area contributed by atoms with Crippen LogP contribution in [0.25, 0.3) is 0 Å². The maximum atomic E-state index is 12.2. The second kappa shape index (κ2) is 8.47. The molecule has 2 aromatic rings. The highest BCUT2D eigenvalue weighted by atomic mass is 19.4. The Morgan fingerprint density at radius 1 is 0.963 bits per heavy atom. The van der Waals surface area contributed by atoms with Crippen molar-refractivity contribution in [2.24, 2.45) is 0 Å². The number of amides is 2. The van der Waals surface area contributed by atoms with Crippen molar-refractivity contribution >= 4 is 17.5 Å². The number of para-hydroxylation sites is 1. The molecule has 2 aromatic carbocycles. The minimum Gasteiger partial charge on any atom is -0.435 e. The molecule has 2 amide bonds. The van der Waals surface area contributed by atoms with E-state index in [0.29, 0.717) is 0 Å². The summed E-state index contributed by atoms with van der Waals surface area (Å²) in [7, 11) is 0. The number of hydrogen-bond donors (Lipinski definition) is 2. The molecular formula is C17H13F5N2O3. The molecule has 0 aromatic heterocycles. The zero-order valence-electron chi connectivity index (χ0n) is 13.5. The van der Waals surface area contributed by atoms with Crippen molar-refractivity contribution in [1.82, 2.24) is 5.32 Å². The first-order valence-electron chi connectivity index (χ1n) is 7.46. The maximum Gasteiger partial charge on any atom is 0.405 e. The highest BCUT2D eigenvalue weighted by Crippen LogP contribution is 2.19. The summed E-state index contributed by atoms with van der Waals surface area (Å²) in [5.74, 6) is -1.84. The fourth-order valence-electron chi connectivity index (χ4n) is 2.05. The van der Waals surface area contributed by atoms with Gasteiger partial charge < -0.3 is 15.4 Å². The predicted octanol–water partition coefficient (Wildman–Crippen LogP) is 3.83. The molecule has 0 radical (unpaired) electrons. The monoisotopic (exact) mass is 388 g/mol. The Morgan fingerprint density at radius 3 is 2.19 bits per heavy atom. The highest BCUT2D eigenvalue weighted by Gasteiger charge is 2.28. The van der Waals surface area contributed by atoms with Crippen LogP contribution in [0.5, 0.6) is 5.75 Å². The van der Waals surface area contributed by atoms with E-state index < -0.39 is 31.1 Å². The number of nitrogens with one attached hydrogen (secondary N) is 2. The lowest BCUT2D eigenvalue weighted by molar-refractivity contribution is -0.123. The summed E-state index contributed by atoms with van der Waals surface area (Å²) in [4.78, 5) is 24.2. The van der Waals surface area contributed by atoms with Crippen LogP contribution in [0.15, 0.2) is 48.5 Å². The smallest absolute Gasteiger partial charge is 0.405 e. The summed E-state index contributed by atoms with van der Waals surface area (Å²) >= 11 is 0. The molecule has 0 bridgehead atoms. The Morgan fingerprint density at radius 2 is 1.59 bits per heavy atom. The van der Waals surface area contributed by atoms with E-state index in [4.69, 9.17) is 0 Å². The molecule has 2 N–H and O–H groups in total.